The Morgan fingerprint density at radius 3 is 2.42 bits per heavy atom. The highest BCUT2D eigenvalue weighted by molar-refractivity contribution is 5.91. The van der Waals surface area contributed by atoms with Crippen molar-refractivity contribution in [2.45, 2.75) is 38.0 Å². The fraction of sp³-hybridized carbons (Fsp3) is 0.407. The summed E-state index contributed by atoms with van der Waals surface area (Å²) in [6.45, 7) is 0.664. The summed E-state index contributed by atoms with van der Waals surface area (Å²) in [4.78, 5) is 54.4. The van der Waals surface area contributed by atoms with Crippen LogP contribution in [0.4, 0.5) is 4.79 Å². The average molecular weight is 524 g/mol. The Morgan fingerprint density at radius 2 is 1.76 bits per heavy atom. The van der Waals surface area contributed by atoms with E-state index in [-0.39, 0.29) is 44.3 Å². The lowest BCUT2D eigenvalue weighted by Gasteiger charge is -2.54. The molecule has 11 heteroatoms. The Hall–Kier alpha value is -4.12. The molecule has 2 aromatic rings. The number of carboxylic acid groups (broad SMARTS) is 1. The molecule has 4 amide bonds. The summed E-state index contributed by atoms with van der Waals surface area (Å²) in [6, 6.07) is 15.6. The molecule has 202 valence electrons. The molecular formula is C27H33N5O6. The Bertz CT molecular complexity index is 1160. The maximum absolute atomic E-state index is 13.5. The number of nitrogens with one attached hydrogen (secondary N) is 1. The van der Waals surface area contributed by atoms with E-state index < -0.39 is 24.2 Å². The van der Waals surface area contributed by atoms with Crippen molar-refractivity contribution >= 4 is 23.8 Å². The number of nitrogens with zero attached hydrogens (tertiary/aromatic N) is 4. The fourth-order valence-electron chi connectivity index (χ4n) is 4.95. The lowest BCUT2D eigenvalue weighted by molar-refractivity contribution is -0.187. The minimum atomic E-state index is -1.05. The maximum Gasteiger partial charge on any atom is 0.334 e. The van der Waals surface area contributed by atoms with Gasteiger partial charge in [-0.1, -0.05) is 42.5 Å². The van der Waals surface area contributed by atoms with Crippen LogP contribution in [0, 0.1) is 0 Å². The number of likely N-dealkylation sites (N-methyl/N-ethyl adjacent to an activating group) is 1. The lowest BCUT2D eigenvalue weighted by Crippen LogP contribution is -2.76. The normalized spacial score (nSPS) is 19.8. The summed E-state index contributed by atoms with van der Waals surface area (Å²) < 4.78 is 5.18. The number of carbonyl (C=O) groups excluding carboxylic acids is 3. The van der Waals surface area contributed by atoms with Crippen molar-refractivity contribution in [1.82, 2.24) is 25.1 Å². The van der Waals surface area contributed by atoms with E-state index in [1.165, 1.54) is 9.91 Å². The molecular weight excluding hydrogens is 490 g/mol. The molecule has 0 aliphatic carbocycles. The number of hydrogen-bond donors (Lipinski definition) is 2. The minimum Gasteiger partial charge on any atom is -0.497 e. The third-order valence-electron chi connectivity index (χ3n) is 6.90. The first-order valence-corrected chi connectivity index (χ1v) is 12.5. The number of fused-ring (bicyclic) bond motifs is 1. The Morgan fingerprint density at radius 1 is 1.05 bits per heavy atom. The largest absolute Gasteiger partial charge is 0.497 e. The predicted molar refractivity (Wildman–Crippen MR) is 138 cm³/mol. The summed E-state index contributed by atoms with van der Waals surface area (Å²) in [5, 5.41) is 15.2. The highest BCUT2D eigenvalue weighted by Crippen LogP contribution is 2.28. The van der Waals surface area contributed by atoms with Crippen molar-refractivity contribution in [3.05, 3.63) is 65.7 Å². The van der Waals surface area contributed by atoms with Gasteiger partial charge in [0.05, 0.1) is 20.2 Å². The molecule has 2 saturated heterocycles. The zero-order valence-corrected chi connectivity index (χ0v) is 21.6. The van der Waals surface area contributed by atoms with Crippen LogP contribution >= 0.6 is 0 Å². The van der Waals surface area contributed by atoms with Gasteiger partial charge in [0.1, 0.15) is 18.0 Å². The first-order valence-electron chi connectivity index (χ1n) is 12.5. The second-order valence-electron chi connectivity index (χ2n) is 9.42. The summed E-state index contributed by atoms with van der Waals surface area (Å²) >= 11 is 0. The molecule has 0 unspecified atom stereocenters. The zero-order chi connectivity index (χ0) is 27.2. The monoisotopic (exact) mass is 523 g/mol. The first kappa shape index (κ1) is 26.9. The number of methoxy groups -OCH3 is 1. The molecule has 0 radical (unpaired) electrons. The third kappa shape index (κ3) is 6.05. The van der Waals surface area contributed by atoms with Crippen LogP contribution in [0.25, 0.3) is 0 Å². The molecule has 2 aromatic carbocycles. The molecule has 2 N–H and O–H groups in total. The summed E-state index contributed by atoms with van der Waals surface area (Å²) in [7, 11) is 3.23. The van der Waals surface area contributed by atoms with Crippen LogP contribution in [0.3, 0.4) is 0 Å². The van der Waals surface area contributed by atoms with E-state index in [2.05, 4.69) is 5.32 Å². The van der Waals surface area contributed by atoms with Crippen molar-refractivity contribution in [2.24, 2.45) is 0 Å². The smallest absolute Gasteiger partial charge is 0.334 e. The first-order chi connectivity index (χ1) is 18.3. The molecule has 38 heavy (non-hydrogen) atoms. The van der Waals surface area contributed by atoms with E-state index in [0.29, 0.717) is 18.7 Å². The molecule has 2 atom stereocenters. The fourth-order valence-corrected chi connectivity index (χ4v) is 4.95. The van der Waals surface area contributed by atoms with Gasteiger partial charge in [-0.15, -0.1) is 0 Å². The van der Waals surface area contributed by atoms with Gasteiger partial charge < -0.3 is 25.0 Å². The van der Waals surface area contributed by atoms with E-state index in [4.69, 9.17) is 4.74 Å². The van der Waals surface area contributed by atoms with Gasteiger partial charge in [-0.25, -0.2) is 14.8 Å². The number of carbonyl (C=O) groups is 4. The SMILES string of the molecule is COc1ccc(CNC(=O)N2[C@H]3CN(CCc4ccccc4)C(=O)[C@H](CCC(=O)O)N3C(=O)CN2C)cc1. The van der Waals surface area contributed by atoms with Gasteiger partial charge in [-0.2, -0.15) is 0 Å². The number of carboxylic acids is 1. The van der Waals surface area contributed by atoms with Crippen LogP contribution in [-0.4, -0.2) is 94.7 Å². The number of aliphatic carboxylic acids is 1. The Balaban J connectivity index is 1.55. The third-order valence-corrected chi connectivity index (χ3v) is 6.90. The van der Waals surface area contributed by atoms with E-state index in [1.54, 1.807) is 36.2 Å². The highest BCUT2D eigenvalue weighted by Gasteiger charge is 2.50. The number of hydrogen-bond acceptors (Lipinski definition) is 6. The van der Waals surface area contributed by atoms with Crippen LogP contribution in [0.1, 0.15) is 24.0 Å². The minimum absolute atomic E-state index is 0.0245. The van der Waals surface area contributed by atoms with Crippen molar-refractivity contribution in [1.29, 1.82) is 0 Å². The van der Waals surface area contributed by atoms with Crippen LogP contribution in [0.5, 0.6) is 5.75 Å². The van der Waals surface area contributed by atoms with Gasteiger partial charge in [-0.3, -0.25) is 14.4 Å². The molecule has 11 nitrogen and oxygen atoms in total. The molecule has 0 aromatic heterocycles. The molecule has 0 saturated carbocycles. The van der Waals surface area contributed by atoms with Crippen molar-refractivity contribution in [3.8, 4) is 5.75 Å². The lowest BCUT2D eigenvalue weighted by atomic mass is 10.0. The number of benzene rings is 2. The van der Waals surface area contributed by atoms with Crippen LogP contribution in [0.15, 0.2) is 54.6 Å². The molecule has 2 fully saturated rings. The van der Waals surface area contributed by atoms with Crippen LogP contribution < -0.4 is 10.1 Å². The van der Waals surface area contributed by atoms with E-state index in [0.717, 1.165) is 11.1 Å². The van der Waals surface area contributed by atoms with Crippen molar-refractivity contribution in [3.63, 3.8) is 0 Å². The number of rotatable bonds is 9. The van der Waals surface area contributed by atoms with Gasteiger partial charge in [0.25, 0.3) is 0 Å². The second kappa shape index (κ2) is 12.0. The second-order valence-corrected chi connectivity index (χ2v) is 9.42. The number of urea groups is 1. The van der Waals surface area contributed by atoms with Gasteiger partial charge in [0.15, 0.2) is 0 Å². The molecule has 4 rings (SSSR count). The van der Waals surface area contributed by atoms with Gasteiger partial charge >= 0.3 is 12.0 Å². The summed E-state index contributed by atoms with van der Waals surface area (Å²) in [6.07, 6.45) is -0.454. The van der Waals surface area contributed by atoms with Crippen LogP contribution in [-0.2, 0) is 27.3 Å². The van der Waals surface area contributed by atoms with Crippen molar-refractivity contribution in [2.75, 3.05) is 33.8 Å². The number of amides is 4. The van der Waals surface area contributed by atoms with Gasteiger partial charge in [-0.05, 0) is 36.1 Å². The number of ether oxygens (including phenoxy) is 1. The molecule has 2 aliphatic heterocycles. The van der Waals surface area contributed by atoms with E-state index in [1.807, 2.05) is 42.5 Å². The highest BCUT2D eigenvalue weighted by atomic mass is 16.5. The average Bonchev–Trinajstić information content (AvgIpc) is 2.91. The predicted octanol–water partition coefficient (Wildman–Crippen LogP) is 1.54. The Kier molecular flexibility index (Phi) is 8.47. The molecule has 2 aliphatic rings. The van der Waals surface area contributed by atoms with E-state index >= 15 is 0 Å². The molecule has 2 heterocycles. The number of hydrazine groups is 1. The van der Waals surface area contributed by atoms with Gasteiger partial charge in [0.2, 0.25) is 11.8 Å². The quantitative estimate of drug-likeness (QED) is 0.511. The van der Waals surface area contributed by atoms with Crippen molar-refractivity contribution < 1.29 is 29.0 Å². The van der Waals surface area contributed by atoms with Crippen LogP contribution in [0.2, 0.25) is 0 Å². The molecule has 0 bridgehead atoms. The zero-order valence-electron chi connectivity index (χ0n) is 21.6. The number of piperazine rings is 1. The molecule has 0 spiro atoms. The van der Waals surface area contributed by atoms with Gasteiger partial charge in [0, 0.05) is 26.6 Å². The topological polar surface area (TPSA) is 123 Å². The van der Waals surface area contributed by atoms with E-state index in [9.17, 15) is 24.3 Å². The summed E-state index contributed by atoms with van der Waals surface area (Å²) in [5.41, 5.74) is 1.92. The standard InChI is InChI=1S/C27H33N5O6/c1-29-18-24(33)31-22(12-13-25(34)35)26(36)30(15-14-19-6-4-3-5-7-19)17-23(31)32(29)27(37)28-16-20-8-10-21(38-2)11-9-20/h3-11,22-23H,12-18H2,1-2H3,(H,28,37)(H,34,35)/t22-,23-/m0/s1. The Labute approximate surface area is 221 Å². The summed E-state index contributed by atoms with van der Waals surface area (Å²) in [5.74, 6) is -0.954. The maximum atomic E-state index is 13.5.